The Balaban J connectivity index is 1.30. The lowest BCUT2D eigenvalue weighted by molar-refractivity contribution is -0.130. The van der Waals surface area contributed by atoms with Crippen LogP contribution in [0.1, 0.15) is 68.1 Å². The van der Waals surface area contributed by atoms with Crippen LogP contribution in [-0.2, 0) is 22.4 Å². The lowest BCUT2D eigenvalue weighted by atomic mass is 9.79. The van der Waals surface area contributed by atoms with E-state index in [-0.39, 0.29) is 36.2 Å². The SMILES string of the molecule is C=CC(=O)N1CCN(C2=C(CC#N)C(OCC34CCCN3CCC4)=NC3C(F)=C(c4cccc5c4CCCC5)C=CC23)C[C@@H]1CC#N. The Morgan fingerprint density at radius 3 is 2.68 bits per heavy atom. The molecule has 4 heterocycles. The van der Waals surface area contributed by atoms with Crippen molar-refractivity contribution >= 4 is 17.4 Å². The summed E-state index contributed by atoms with van der Waals surface area (Å²) in [7, 11) is 0. The molecule has 1 aromatic carbocycles. The monoisotopic (exact) mass is 634 g/mol. The molecule has 6 aliphatic rings. The van der Waals surface area contributed by atoms with Gasteiger partial charge in [0.25, 0.3) is 0 Å². The molecule has 0 bridgehead atoms. The standard InChI is InChI=1S/C38H43FN6O2/c1-2-33(46)45-23-22-43(24-27(45)14-18-40)36-31-13-12-30(29-11-5-9-26-8-3-4-10-28(26)29)34(39)35(31)42-37(32(36)15-19-41)47-25-38-16-6-20-44(38)21-7-17-38/h2,5,9,11-13,27,31,35H,1,3-4,6-8,10,14-17,20-25H2/t27-,31?,35?/m0/s1. The van der Waals surface area contributed by atoms with Crippen molar-refractivity contribution < 1.29 is 13.9 Å². The average molecular weight is 635 g/mol. The van der Waals surface area contributed by atoms with Crippen LogP contribution in [0.4, 0.5) is 4.39 Å². The Morgan fingerprint density at radius 1 is 1.11 bits per heavy atom. The van der Waals surface area contributed by atoms with E-state index < -0.39 is 12.0 Å². The molecule has 244 valence electrons. The van der Waals surface area contributed by atoms with Crippen molar-refractivity contribution in [2.75, 3.05) is 39.3 Å². The topological polar surface area (TPSA) is 96.0 Å². The van der Waals surface area contributed by atoms with Crippen molar-refractivity contribution in [2.45, 2.75) is 81.8 Å². The molecule has 9 heteroatoms. The van der Waals surface area contributed by atoms with E-state index in [2.05, 4.69) is 34.6 Å². The van der Waals surface area contributed by atoms with Crippen LogP contribution in [0.2, 0.25) is 0 Å². The van der Waals surface area contributed by atoms with Gasteiger partial charge in [-0.1, -0.05) is 36.9 Å². The summed E-state index contributed by atoms with van der Waals surface area (Å²) in [5.74, 6) is -0.563. The number of hydrogen-bond acceptors (Lipinski definition) is 7. The smallest absolute Gasteiger partial charge is 0.246 e. The van der Waals surface area contributed by atoms with Gasteiger partial charge in [0, 0.05) is 42.4 Å². The quantitative estimate of drug-likeness (QED) is 0.361. The number of nitrogens with zero attached hydrogens (tertiary/aromatic N) is 6. The molecule has 47 heavy (non-hydrogen) atoms. The second kappa shape index (κ2) is 13.1. The summed E-state index contributed by atoms with van der Waals surface area (Å²) in [5, 5.41) is 19.7. The molecule has 2 unspecified atom stereocenters. The van der Waals surface area contributed by atoms with E-state index in [4.69, 9.17) is 9.73 Å². The number of dihydropyridines is 1. The molecule has 3 fully saturated rings. The Bertz CT molecular complexity index is 1650. The number of aryl methyl sites for hydroxylation is 1. The third kappa shape index (κ3) is 5.59. The molecule has 0 radical (unpaired) electrons. The molecular formula is C38H43FN6O2. The maximum Gasteiger partial charge on any atom is 0.246 e. The molecule has 2 aliphatic carbocycles. The number of rotatable bonds is 7. The Kier molecular flexibility index (Phi) is 8.77. The van der Waals surface area contributed by atoms with E-state index in [1.165, 1.54) is 17.2 Å². The number of amides is 1. The summed E-state index contributed by atoms with van der Waals surface area (Å²) in [5.41, 5.74) is 5.51. The molecular weight excluding hydrogens is 591 g/mol. The molecule has 0 saturated carbocycles. The summed E-state index contributed by atoms with van der Waals surface area (Å²) in [4.78, 5) is 24.1. The highest BCUT2D eigenvalue weighted by molar-refractivity contribution is 5.97. The number of carbonyl (C=O) groups excluding carboxylic acids is 1. The molecule has 1 amide bonds. The minimum atomic E-state index is -0.829. The Morgan fingerprint density at radius 2 is 1.91 bits per heavy atom. The van der Waals surface area contributed by atoms with Gasteiger partial charge in [0.05, 0.1) is 36.6 Å². The first-order chi connectivity index (χ1) is 23.0. The lowest BCUT2D eigenvalue weighted by Gasteiger charge is -2.46. The minimum absolute atomic E-state index is 0.0407. The number of allylic oxidation sites excluding steroid dienone is 2. The summed E-state index contributed by atoms with van der Waals surface area (Å²) in [6.07, 6.45) is 14.1. The van der Waals surface area contributed by atoms with Gasteiger partial charge < -0.3 is 14.5 Å². The van der Waals surface area contributed by atoms with E-state index >= 15 is 4.39 Å². The highest BCUT2D eigenvalue weighted by atomic mass is 19.1. The van der Waals surface area contributed by atoms with Crippen LogP contribution in [0.25, 0.3) is 5.57 Å². The largest absolute Gasteiger partial charge is 0.476 e. The van der Waals surface area contributed by atoms with Gasteiger partial charge >= 0.3 is 0 Å². The predicted octanol–water partition coefficient (Wildman–Crippen LogP) is 5.64. The molecule has 8 nitrogen and oxygen atoms in total. The van der Waals surface area contributed by atoms with Gasteiger partial charge in [0.15, 0.2) is 0 Å². The first kappa shape index (κ1) is 31.4. The number of hydrogen-bond donors (Lipinski definition) is 0. The fraction of sp³-hybridized carbons (Fsp3) is 0.526. The zero-order valence-corrected chi connectivity index (χ0v) is 27.1. The molecule has 4 aliphatic heterocycles. The summed E-state index contributed by atoms with van der Waals surface area (Å²) in [6, 6.07) is 9.61. The third-order valence-electron chi connectivity index (χ3n) is 11.3. The van der Waals surface area contributed by atoms with Crippen molar-refractivity contribution in [3.63, 3.8) is 0 Å². The third-order valence-corrected chi connectivity index (χ3v) is 11.3. The summed E-state index contributed by atoms with van der Waals surface area (Å²) < 4.78 is 23.7. The average Bonchev–Trinajstić information content (AvgIpc) is 3.68. The van der Waals surface area contributed by atoms with Crippen LogP contribution < -0.4 is 0 Å². The van der Waals surface area contributed by atoms with E-state index in [0.29, 0.717) is 43.3 Å². The van der Waals surface area contributed by atoms with Gasteiger partial charge in [-0.25, -0.2) is 9.38 Å². The maximum atomic E-state index is 17.1. The van der Waals surface area contributed by atoms with Crippen LogP contribution in [-0.4, -0.2) is 83.5 Å². The second-order valence-corrected chi connectivity index (χ2v) is 13.8. The van der Waals surface area contributed by atoms with Crippen molar-refractivity contribution in [3.8, 4) is 12.1 Å². The Labute approximate surface area is 277 Å². The van der Waals surface area contributed by atoms with Gasteiger partial charge in [-0.2, -0.15) is 10.5 Å². The molecule has 3 atom stereocenters. The number of nitriles is 2. The first-order valence-corrected chi connectivity index (χ1v) is 17.3. The molecule has 0 N–H and O–H groups in total. The molecule has 3 saturated heterocycles. The number of benzene rings is 1. The van der Waals surface area contributed by atoms with E-state index in [1.54, 1.807) is 4.90 Å². The normalized spacial score (nSPS) is 26.6. The lowest BCUT2D eigenvalue weighted by Crippen LogP contribution is -2.56. The molecule has 1 aromatic rings. The number of piperazine rings is 1. The zero-order valence-electron chi connectivity index (χ0n) is 27.1. The number of ether oxygens (including phenoxy) is 1. The van der Waals surface area contributed by atoms with Gasteiger partial charge in [0.2, 0.25) is 11.8 Å². The van der Waals surface area contributed by atoms with Crippen LogP contribution in [0.15, 0.2) is 65.1 Å². The van der Waals surface area contributed by atoms with Gasteiger partial charge in [-0.3, -0.25) is 9.69 Å². The highest BCUT2D eigenvalue weighted by Gasteiger charge is 2.47. The van der Waals surface area contributed by atoms with Gasteiger partial charge in [-0.15, -0.1) is 0 Å². The highest BCUT2D eigenvalue weighted by Crippen LogP contribution is 2.45. The van der Waals surface area contributed by atoms with Crippen molar-refractivity contribution in [1.29, 1.82) is 10.5 Å². The predicted molar refractivity (Wildman–Crippen MR) is 178 cm³/mol. The fourth-order valence-electron chi connectivity index (χ4n) is 9.04. The van der Waals surface area contributed by atoms with E-state index in [9.17, 15) is 15.3 Å². The fourth-order valence-corrected chi connectivity index (χ4v) is 9.04. The molecule has 7 rings (SSSR count). The molecule has 0 aromatic heterocycles. The zero-order chi connectivity index (χ0) is 32.5. The maximum absolute atomic E-state index is 17.1. The van der Waals surface area contributed by atoms with E-state index in [0.717, 1.165) is 75.7 Å². The van der Waals surface area contributed by atoms with Gasteiger partial charge in [0.1, 0.15) is 18.5 Å². The van der Waals surface area contributed by atoms with Gasteiger partial charge in [-0.05, 0) is 87.2 Å². The van der Waals surface area contributed by atoms with Crippen LogP contribution in [0.3, 0.4) is 0 Å². The van der Waals surface area contributed by atoms with Crippen LogP contribution in [0, 0.1) is 28.6 Å². The Hall–Kier alpha value is -4.21. The van der Waals surface area contributed by atoms with Crippen LogP contribution >= 0.6 is 0 Å². The number of carbonyl (C=O) groups is 1. The summed E-state index contributed by atoms with van der Waals surface area (Å²) >= 11 is 0. The first-order valence-electron chi connectivity index (χ1n) is 17.3. The number of aliphatic imine (C=N–C) groups is 1. The number of halogens is 1. The second-order valence-electron chi connectivity index (χ2n) is 13.8. The van der Waals surface area contributed by atoms with Crippen molar-refractivity contribution in [2.24, 2.45) is 10.9 Å². The minimum Gasteiger partial charge on any atom is -0.476 e. The molecule has 0 spiro atoms. The number of fused-ring (bicyclic) bond motifs is 3. The van der Waals surface area contributed by atoms with Crippen molar-refractivity contribution in [1.82, 2.24) is 14.7 Å². The summed E-state index contributed by atoms with van der Waals surface area (Å²) in [6.45, 7) is 7.52. The van der Waals surface area contributed by atoms with Crippen LogP contribution in [0.5, 0.6) is 0 Å². The van der Waals surface area contributed by atoms with Crippen molar-refractivity contribution in [3.05, 3.63) is 76.8 Å². The van der Waals surface area contributed by atoms with E-state index in [1.807, 2.05) is 24.3 Å².